The molecular weight excluding hydrogens is 419 g/mol. The number of rotatable bonds is 4. The van der Waals surface area contributed by atoms with Gasteiger partial charge in [0.05, 0.1) is 12.6 Å². The molecule has 2 heterocycles. The van der Waals surface area contributed by atoms with E-state index in [-0.39, 0.29) is 24.8 Å². The molecule has 1 aliphatic carbocycles. The van der Waals surface area contributed by atoms with Crippen molar-refractivity contribution >= 4 is 64.4 Å². The van der Waals surface area contributed by atoms with E-state index in [1.165, 1.54) is 37.8 Å². The zero-order valence-electron chi connectivity index (χ0n) is 15.2. The van der Waals surface area contributed by atoms with Crippen LogP contribution in [0.5, 0.6) is 0 Å². The van der Waals surface area contributed by atoms with Crippen LogP contribution < -0.4 is 5.32 Å². The van der Waals surface area contributed by atoms with Crippen LogP contribution in [0.15, 0.2) is 51.4 Å². The van der Waals surface area contributed by atoms with Crippen LogP contribution in [0.2, 0.25) is 0 Å². The van der Waals surface area contributed by atoms with Gasteiger partial charge in [-0.3, -0.25) is 9.98 Å². The lowest BCUT2D eigenvalue weighted by atomic mass is 9.96. The third-order valence-corrected chi connectivity index (χ3v) is 6.58. The highest BCUT2D eigenvalue weighted by Crippen LogP contribution is 2.31. The van der Waals surface area contributed by atoms with E-state index in [1.807, 2.05) is 17.8 Å². The maximum absolute atomic E-state index is 5.06. The van der Waals surface area contributed by atoms with Gasteiger partial charge in [-0.2, -0.15) is 0 Å². The number of aliphatic imine (C=N–C) groups is 2. The van der Waals surface area contributed by atoms with Crippen LogP contribution >= 0.6 is 48.3 Å². The average Bonchev–Trinajstić information content (AvgIpc) is 3.26. The summed E-state index contributed by atoms with van der Waals surface area (Å²) in [6, 6.07) is 10.9. The first-order valence-electron chi connectivity index (χ1n) is 9.09. The Hall–Kier alpha value is -0.820. The summed E-state index contributed by atoms with van der Waals surface area (Å²) in [7, 11) is 0. The second kappa shape index (κ2) is 11.2. The maximum Gasteiger partial charge on any atom is 0.167 e. The lowest BCUT2D eigenvalue weighted by Gasteiger charge is -2.21. The fourth-order valence-electron chi connectivity index (χ4n) is 3.36. The molecule has 0 radical (unpaired) electrons. The molecule has 0 spiro atoms. The number of anilines is 1. The number of hydrogen-bond acceptors (Lipinski definition) is 5. The molecule has 0 bridgehead atoms. The van der Waals surface area contributed by atoms with Gasteiger partial charge in [-0.25, -0.2) is 0 Å². The minimum Gasteiger partial charge on any atom is -0.335 e. The van der Waals surface area contributed by atoms with Gasteiger partial charge in [-0.05, 0) is 30.4 Å². The van der Waals surface area contributed by atoms with E-state index in [1.54, 1.807) is 11.8 Å². The van der Waals surface area contributed by atoms with Crippen molar-refractivity contribution in [2.75, 3.05) is 24.2 Å². The van der Waals surface area contributed by atoms with Crippen LogP contribution in [-0.2, 0) is 0 Å². The van der Waals surface area contributed by atoms with E-state index in [0.717, 1.165) is 34.9 Å². The molecule has 4 rings (SSSR count). The molecule has 1 aromatic carbocycles. The number of halogens is 2. The molecule has 1 aromatic rings. The summed E-state index contributed by atoms with van der Waals surface area (Å²) in [6.07, 6.45) is 6.44. The SMILES string of the molecule is C1=C(CSC(=NC2CCCCC2)Nc2ccccc2)N2CCN=C2S1.Cl.Cl. The largest absolute Gasteiger partial charge is 0.335 e. The Morgan fingerprint density at radius 1 is 1.19 bits per heavy atom. The molecule has 0 atom stereocenters. The summed E-state index contributed by atoms with van der Waals surface area (Å²) in [4.78, 5) is 11.9. The van der Waals surface area contributed by atoms with E-state index in [4.69, 9.17) is 4.99 Å². The Bertz CT molecular complexity index is 688. The molecule has 8 heteroatoms. The van der Waals surface area contributed by atoms with Gasteiger partial charge >= 0.3 is 0 Å². The maximum atomic E-state index is 5.06. The molecule has 0 amide bonds. The first-order chi connectivity index (χ1) is 12.4. The van der Waals surface area contributed by atoms with Crippen molar-refractivity contribution in [2.45, 2.75) is 38.1 Å². The van der Waals surface area contributed by atoms with Crippen molar-refractivity contribution in [1.82, 2.24) is 4.90 Å². The van der Waals surface area contributed by atoms with Crippen molar-refractivity contribution in [3.05, 3.63) is 41.4 Å². The minimum atomic E-state index is 0. The Labute approximate surface area is 182 Å². The zero-order chi connectivity index (χ0) is 16.9. The summed E-state index contributed by atoms with van der Waals surface area (Å²) in [5, 5.41) is 8.00. The van der Waals surface area contributed by atoms with E-state index >= 15 is 0 Å². The number of amidine groups is 2. The van der Waals surface area contributed by atoms with Gasteiger partial charge < -0.3 is 10.2 Å². The lowest BCUT2D eigenvalue weighted by molar-refractivity contribution is 0.444. The van der Waals surface area contributed by atoms with Gasteiger partial charge in [0.1, 0.15) is 0 Å². The van der Waals surface area contributed by atoms with Gasteiger partial charge in [-0.1, -0.05) is 61.0 Å². The van der Waals surface area contributed by atoms with Crippen LogP contribution in [0.4, 0.5) is 5.69 Å². The number of benzene rings is 1. The molecule has 0 unspecified atom stereocenters. The number of para-hydroxylation sites is 1. The van der Waals surface area contributed by atoms with Gasteiger partial charge in [0, 0.05) is 23.7 Å². The third kappa shape index (κ3) is 6.08. The monoisotopic (exact) mass is 444 g/mol. The number of hydrogen-bond donors (Lipinski definition) is 1. The Morgan fingerprint density at radius 2 is 1.96 bits per heavy atom. The highest BCUT2D eigenvalue weighted by Gasteiger charge is 2.26. The molecule has 1 saturated carbocycles. The Balaban J connectivity index is 0.00000131. The molecule has 2 aliphatic heterocycles. The molecule has 1 fully saturated rings. The number of fused-ring (bicyclic) bond motifs is 1. The summed E-state index contributed by atoms with van der Waals surface area (Å²) >= 11 is 3.57. The zero-order valence-corrected chi connectivity index (χ0v) is 18.4. The van der Waals surface area contributed by atoms with Gasteiger partial charge in [0.25, 0.3) is 0 Å². The second-order valence-electron chi connectivity index (χ2n) is 6.55. The molecule has 3 aliphatic rings. The van der Waals surface area contributed by atoms with Crippen LogP contribution in [0.1, 0.15) is 32.1 Å². The lowest BCUT2D eigenvalue weighted by Crippen LogP contribution is -2.23. The molecule has 1 N–H and O–H groups in total. The predicted molar refractivity (Wildman–Crippen MR) is 126 cm³/mol. The summed E-state index contributed by atoms with van der Waals surface area (Å²) in [5.74, 6) is 0.942. The first-order valence-corrected chi connectivity index (χ1v) is 11.0. The summed E-state index contributed by atoms with van der Waals surface area (Å²) in [5.41, 5.74) is 2.47. The number of thioether (sulfide) groups is 2. The van der Waals surface area contributed by atoms with Crippen LogP contribution in [0.25, 0.3) is 0 Å². The van der Waals surface area contributed by atoms with E-state index in [0.29, 0.717) is 6.04 Å². The molecule has 27 heavy (non-hydrogen) atoms. The van der Waals surface area contributed by atoms with Crippen LogP contribution in [0.3, 0.4) is 0 Å². The summed E-state index contributed by atoms with van der Waals surface area (Å²) in [6.45, 7) is 1.95. The van der Waals surface area contributed by atoms with Gasteiger partial charge in [0.2, 0.25) is 0 Å². The number of nitrogens with one attached hydrogen (secondary N) is 1. The predicted octanol–water partition coefficient (Wildman–Crippen LogP) is 5.62. The summed E-state index contributed by atoms with van der Waals surface area (Å²) < 4.78 is 0. The fraction of sp³-hybridized carbons (Fsp3) is 0.474. The highest BCUT2D eigenvalue weighted by molar-refractivity contribution is 8.17. The molecule has 4 nitrogen and oxygen atoms in total. The van der Waals surface area contributed by atoms with Crippen molar-refractivity contribution in [3.8, 4) is 0 Å². The van der Waals surface area contributed by atoms with Gasteiger partial charge in [-0.15, -0.1) is 24.8 Å². The first kappa shape index (κ1) is 22.5. The van der Waals surface area contributed by atoms with Crippen molar-refractivity contribution in [1.29, 1.82) is 0 Å². The normalized spacial score (nSPS) is 19.6. The topological polar surface area (TPSA) is 40.0 Å². The third-order valence-electron chi connectivity index (χ3n) is 4.70. The van der Waals surface area contributed by atoms with Crippen LogP contribution in [0, 0.1) is 0 Å². The van der Waals surface area contributed by atoms with E-state index in [9.17, 15) is 0 Å². The highest BCUT2D eigenvalue weighted by atomic mass is 35.5. The smallest absolute Gasteiger partial charge is 0.167 e. The quantitative estimate of drug-likeness (QED) is 0.482. The van der Waals surface area contributed by atoms with E-state index in [2.05, 4.69) is 44.9 Å². The van der Waals surface area contributed by atoms with Crippen molar-refractivity contribution in [3.63, 3.8) is 0 Å². The van der Waals surface area contributed by atoms with Crippen molar-refractivity contribution in [2.24, 2.45) is 9.98 Å². The van der Waals surface area contributed by atoms with Crippen LogP contribution in [-0.4, -0.2) is 40.1 Å². The average molecular weight is 445 g/mol. The van der Waals surface area contributed by atoms with Gasteiger partial charge in [0.15, 0.2) is 10.3 Å². The molecule has 0 saturated heterocycles. The Morgan fingerprint density at radius 3 is 2.74 bits per heavy atom. The molecule has 0 aromatic heterocycles. The minimum absolute atomic E-state index is 0. The molecular formula is C19H26Cl2N4S2. The van der Waals surface area contributed by atoms with Crippen molar-refractivity contribution < 1.29 is 0 Å². The second-order valence-corrected chi connectivity index (χ2v) is 8.35. The molecule has 148 valence electrons. The standard InChI is InChI=1S/C19H24N4S2.2ClH/c1-3-7-15(8-4-1)21-18(22-16-9-5-2-6-10-16)24-13-17-14-25-19-20-11-12-23(17)19;;/h1,3-4,7-8,14,16H,2,5-6,9-13H2,(H,21,22);2*1H. The Kier molecular flexibility index (Phi) is 9.36. The van der Waals surface area contributed by atoms with E-state index < -0.39 is 0 Å². The fourth-order valence-corrected chi connectivity index (χ4v) is 5.36. The number of nitrogens with zero attached hydrogens (tertiary/aromatic N) is 3.